The third-order valence-electron chi connectivity index (χ3n) is 4.49. The van der Waals surface area contributed by atoms with Crippen LogP contribution in [0.2, 0.25) is 0 Å². The van der Waals surface area contributed by atoms with Crippen molar-refractivity contribution in [2.24, 2.45) is 0 Å². The van der Waals surface area contributed by atoms with Crippen molar-refractivity contribution >= 4 is 17.9 Å². The van der Waals surface area contributed by atoms with E-state index >= 15 is 0 Å². The van der Waals surface area contributed by atoms with Crippen LogP contribution in [0.5, 0.6) is 0 Å². The van der Waals surface area contributed by atoms with Crippen LogP contribution in [0.25, 0.3) is 12.2 Å². The third-order valence-corrected chi connectivity index (χ3v) is 4.49. The van der Waals surface area contributed by atoms with Gasteiger partial charge < -0.3 is 0 Å². The van der Waals surface area contributed by atoms with Gasteiger partial charge in [-0.2, -0.15) is 0 Å². The summed E-state index contributed by atoms with van der Waals surface area (Å²) in [5.41, 5.74) is 3.35. The molecule has 2 aromatic carbocycles. The van der Waals surface area contributed by atoms with Crippen molar-refractivity contribution in [3.8, 4) is 0 Å². The van der Waals surface area contributed by atoms with Crippen molar-refractivity contribution in [1.82, 2.24) is 0 Å². The van der Waals surface area contributed by atoms with E-state index < -0.39 is 5.41 Å². The van der Waals surface area contributed by atoms with Crippen molar-refractivity contribution < 1.29 is 9.18 Å². The Hall–Kier alpha value is -2.48. The van der Waals surface area contributed by atoms with Crippen LogP contribution < -0.4 is 0 Å². The Morgan fingerprint density at radius 3 is 2.52 bits per heavy atom. The average molecular weight is 306 g/mol. The molecule has 0 bridgehead atoms. The number of ketones is 1. The molecule has 0 unspecified atom stereocenters. The zero-order valence-corrected chi connectivity index (χ0v) is 13.3. The molecule has 1 aliphatic rings. The second kappa shape index (κ2) is 5.96. The first-order valence-corrected chi connectivity index (χ1v) is 7.75. The second-order valence-electron chi connectivity index (χ2n) is 6.23. The van der Waals surface area contributed by atoms with Gasteiger partial charge in [-0.25, -0.2) is 4.39 Å². The molecular formula is C21H19FO. The van der Waals surface area contributed by atoms with Gasteiger partial charge >= 0.3 is 0 Å². The number of halogens is 1. The van der Waals surface area contributed by atoms with Gasteiger partial charge in [-0.05, 0) is 60.7 Å². The highest BCUT2D eigenvalue weighted by molar-refractivity contribution is 6.09. The summed E-state index contributed by atoms with van der Waals surface area (Å²) in [6, 6.07) is 14.4. The molecule has 0 saturated heterocycles. The number of benzene rings is 2. The van der Waals surface area contributed by atoms with E-state index in [0.29, 0.717) is 6.42 Å². The first-order chi connectivity index (χ1) is 11.0. The van der Waals surface area contributed by atoms with Gasteiger partial charge in [0, 0.05) is 0 Å². The molecule has 0 aromatic heterocycles. The van der Waals surface area contributed by atoms with Crippen LogP contribution in [0.4, 0.5) is 4.39 Å². The van der Waals surface area contributed by atoms with Gasteiger partial charge in [-0.15, -0.1) is 0 Å². The first-order valence-electron chi connectivity index (χ1n) is 7.75. The third kappa shape index (κ3) is 2.89. The van der Waals surface area contributed by atoms with Crippen LogP contribution in [0.1, 0.15) is 37.0 Å². The maximum absolute atomic E-state index is 12.9. The highest BCUT2D eigenvalue weighted by Gasteiger charge is 2.38. The van der Waals surface area contributed by atoms with Crippen molar-refractivity contribution in [1.29, 1.82) is 0 Å². The lowest BCUT2D eigenvalue weighted by Crippen LogP contribution is -2.35. The number of fused-ring (bicyclic) bond motifs is 1. The van der Waals surface area contributed by atoms with Gasteiger partial charge in [-0.1, -0.05) is 48.6 Å². The maximum atomic E-state index is 12.9. The van der Waals surface area contributed by atoms with Crippen LogP contribution in [-0.4, -0.2) is 5.78 Å². The van der Waals surface area contributed by atoms with Gasteiger partial charge in [-0.3, -0.25) is 4.79 Å². The molecule has 0 spiro atoms. The predicted octanol–water partition coefficient (Wildman–Crippen LogP) is 5.17. The Labute approximate surface area is 136 Å². The summed E-state index contributed by atoms with van der Waals surface area (Å²) in [7, 11) is 0. The second-order valence-corrected chi connectivity index (χ2v) is 6.23. The Balaban J connectivity index is 1.90. The lowest BCUT2D eigenvalue weighted by molar-refractivity contribution is -0.120. The lowest BCUT2D eigenvalue weighted by Gasteiger charge is -2.33. The summed E-state index contributed by atoms with van der Waals surface area (Å²) < 4.78 is 12.9. The van der Waals surface area contributed by atoms with Crippen LogP contribution >= 0.6 is 0 Å². The van der Waals surface area contributed by atoms with Gasteiger partial charge in [0.15, 0.2) is 5.78 Å². The quantitative estimate of drug-likeness (QED) is 0.764. The number of rotatable bonds is 3. The standard InChI is InChI=1S/C21H19FO/c1-15-14-17-7-3-4-8-19(17)21(2,20(15)23)13-5-6-16-9-11-18(22)12-10-16/h3-12,14H,13H2,1-2H3/b6-5+/t21-/m1/s1. The molecule has 0 fully saturated rings. The highest BCUT2D eigenvalue weighted by Crippen LogP contribution is 2.38. The van der Waals surface area contributed by atoms with Crippen molar-refractivity contribution in [2.75, 3.05) is 0 Å². The number of hydrogen-bond acceptors (Lipinski definition) is 1. The van der Waals surface area contributed by atoms with Crippen molar-refractivity contribution in [3.63, 3.8) is 0 Å². The number of carbonyl (C=O) groups excluding carboxylic acids is 1. The van der Waals surface area contributed by atoms with Crippen molar-refractivity contribution in [3.05, 3.63) is 82.7 Å². The van der Waals surface area contributed by atoms with E-state index in [0.717, 1.165) is 22.3 Å². The minimum Gasteiger partial charge on any atom is -0.294 e. The molecule has 1 aliphatic carbocycles. The van der Waals surface area contributed by atoms with Crippen molar-refractivity contribution in [2.45, 2.75) is 25.7 Å². The number of Topliss-reactive ketones (excluding diaryl/α,β-unsaturated/α-hetero) is 1. The molecule has 1 nitrogen and oxygen atoms in total. The fourth-order valence-corrected chi connectivity index (χ4v) is 3.19. The smallest absolute Gasteiger partial charge is 0.169 e. The summed E-state index contributed by atoms with van der Waals surface area (Å²) in [5.74, 6) is -0.0776. The van der Waals surface area contributed by atoms with Gasteiger partial charge in [0.1, 0.15) is 5.82 Å². The fraction of sp³-hybridized carbons (Fsp3) is 0.190. The minimum atomic E-state index is -0.550. The van der Waals surface area contributed by atoms with E-state index in [1.807, 2.05) is 56.3 Å². The SMILES string of the molecule is CC1=Cc2ccccc2[C@@](C)(C/C=C/c2ccc(F)cc2)C1=O. The summed E-state index contributed by atoms with van der Waals surface area (Å²) in [6.45, 7) is 3.87. The lowest BCUT2D eigenvalue weighted by atomic mass is 9.69. The first kappa shape index (κ1) is 15.4. The Bertz CT molecular complexity index is 799. The van der Waals surface area contributed by atoms with E-state index in [9.17, 15) is 9.18 Å². The summed E-state index contributed by atoms with van der Waals surface area (Å²) >= 11 is 0. The van der Waals surface area contributed by atoms with E-state index in [4.69, 9.17) is 0 Å². The molecule has 0 N–H and O–H groups in total. The molecule has 1 atom stereocenters. The molecule has 0 amide bonds. The van der Waals surface area contributed by atoms with E-state index in [1.165, 1.54) is 12.1 Å². The van der Waals surface area contributed by atoms with Crippen LogP contribution in [0.3, 0.4) is 0 Å². The highest BCUT2D eigenvalue weighted by atomic mass is 19.1. The van der Waals surface area contributed by atoms with Gasteiger partial charge in [0.05, 0.1) is 5.41 Å². The molecule has 0 heterocycles. The molecular weight excluding hydrogens is 287 g/mol. The average Bonchev–Trinajstić information content (AvgIpc) is 2.55. The minimum absolute atomic E-state index is 0.167. The zero-order valence-electron chi connectivity index (χ0n) is 13.3. The zero-order chi connectivity index (χ0) is 16.4. The Morgan fingerprint density at radius 1 is 1.09 bits per heavy atom. The molecule has 3 rings (SSSR count). The molecule has 0 radical (unpaired) electrons. The summed E-state index contributed by atoms with van der Waals surface area (Å²) in [6.07, 6.45) is 6.52. The number of carbonyl (C=O) groups is 1. The topological polar surface area (TPSA) is 17.1 Å². The Kier molecular flexibility index (Phi) is 3.99. The monoisotopic (exact) mass is 306 g/mol. The molecule has 2 aromatic rings. The fourth-order valence-electron chi connectivity index (χ4n) is 3.19. The molecule has 116 valence electrons. The maximum Gasteiger partial charge on any atom is 0.169 e. The van der Waals surface area contributed by atoms with E-state index in [1.54, 1.807) is 12.1 Å². The molecule has 2 heteroatoms. The molecule has 0 aliphatic heterocycles. The molecule has 0 saturated carbocycles. The van der Waals surface area contributed by atoms with E-state index in [-0.39, 0.29) is 11.6 Å². The Morgan fingerprint density at radius 2 is 1.78 bits per heavy atom. The van der Waals surface area contributed by atoms with Crippen LogP contribution in [0.15, 0.2) is 60.2 Å². The van der Waals surface area contributed by atoms with Crippen LogP contribution in [-0.2, 0) is 10.2 Å². The summed E-state index contributed by atoms with van der Waals surface area (Å²) in [4.78, 5) is 12.7. The largest absolute Gasteiger partial charge is 0.294 e. The molecule has 23 heavy (non-hydrogen) atoms. The van der Waals surface area contributed by atoms with Gasteiger partial charge in [0.2, 0.25) is 0 Å². The van der Waals surface area contributed by atoms with Gasteiger partial charge in [0.25, 0.3) is 0 Å². The number of hydrogen-bond donors (Lipinski definition) is 0. The predicted molar refractivity (Wildman–Crippen MR) is 92.5 cm³/mol. The normalized spacial score (nSPS) is 20.5. The van der Waals surface area contributed by atoms with E-state index in [2.05, 4.69) is 0 Å². The summed E-state index contributed by atoms with van der Waals surface area (Å²) in [5, 5.41) is 0. The van der Waals surface area contributed by atoms with Crippen LogP contribution in [0, 0.1) is 5.82 Å². The number of allylic oxidation sites excluding steroid dienone is 2.